The van der Waals surface area contributed by atoms with Crippen LogP contribution in [0.2, 0.25) is 10.0 Å². The summed E-state index contributed by atoms with van der Waals surface area (Å²) in [5, 5.41) is 20.3. The van der Waals surface area contributed by atoms with E-state index in [1.807, 2.05) is 0 Å². The molecule has 1 amide bonds. The van der Waals surface area contributed by atoms with Gasteiger partial charge in [0.2, 0.25) is 5.13 Å². The molecule has 5 rings (SSSR count). The minimum Gasteiger partial charge on any atom is -0.507 e. The van der Waals surface area contributed by atoms with Crippen LogP contribution in [-0.4, -0.2) is 34.1 Å². The zero-order valence-electron chi connectivity index (χ0n) is 20.1. The number of aliphatic hydroxyl groups excluding tert-OH is 1. The summed E-state index contributed by atoms with van der Waals surface area (Å²) in [5.74, 6) is -1.36. The highest BCUT2D eigenvalue weighted by molar-refractivity contribution is 8.00. The number of aromatic nitrogens is 2. The van der Waals surface area contributed by atoms with Gasteiger partial charge in [0.1, 0.15) is 17.3 Å². The van der Waals surface area contributed by atoms with Crippen LogP contribution in [-0.2, 0) is 15.3 Å². The molecular weight excluding hydrogens is 584 g/mol. The molecule has 0 bridgehead atoms. The molecule has 1 unspecified atom stereocenters. The Morgan fingerprint density at radius 2 is 1.77 bits per heavy atom. The summed E-state index contributed by atoms with van der Waals surface area (Å²) < 4.78 is 18.9. The Balaban J connectivity index is 1.54. The number of carbonyl (C=O) groups is 2. The van der Waals surface area contributed by atoms with Crippen molar-refractivity contribution in [2.75, 3.05) is 12.0 Å². The van der Waals surface area contributed by atoms with Crippen molar-refractivity contribution in [2.45, 2.75) is 16.1 Å². The van der Waals surface area contributed by atoms with E-state index in [1.54, 1.807) is 54.6 Å². The number of methoxy groups -OCH3 is 1. The van der Waals surface area contributed by atoms with Gasteiger partial charge in [-0.05, 0) is 59.7 Å². The molecule has 4 aromatic rings. The number of ether oxygens (including phenoxy) is 1. The first-order valence-corrected chi connectivity index (χ1v) is 13.9. The van der Waals surface area contributed by atoms with Crippen LogP contribution in [0.25, 0.3) is 5.76 Å². The summed E-state index contributed by atoms with van der Waals surface area (Å²) >= 11 is 14.9. The Hall–Kier alpha value is -3.44. The maximum absolute atomic E-state index is 13.4. The molecular formula is C27H18Cl2FN3O4S2. The molecule has 39 heavy (non-hydrogen) atoms. The third kappa shape index (κ3) is 5.51. The number of rotatable bonds is 7. The molecule has 3 aromatic carbocycles. The van der Waals surface area contributed by atoms with Crippen molar-refractivity contribution in [2.24, 2.45) is 0 Å². The molecule has 1 atom stereocenters. The van der Waals surface area contributed by atoms with E-state index in [2.05, 4.69) is 10.2 Å². The van der Waals surface area contributed by atoms with Crippen molar-refractivity contribution < 1.29 is 23.8 Å². The molecule has 12 heteroatoms. The van der Waals surface area contributed by atoms with Gasteiger partial charge in [0.25, 0.3) is 5.78 Å². The average molecular weight is 602 g/mol. The van der Waals surface area contributed by atoms with Crippen molar-refractivity contribution in [1.82, 2.24) is 10.2 Å². The number of carbonyl (C=O) groups excluding carboxylic acids is 2. The first-order chi connectivity index (χ1) is 18.8. The van der Waals surface area contributed by atoms with Crippen molar-refractivity contribution in [3.8, 4) is 5.75 Å². The summed E-state index contributed by atoms with van der Waals surface area (Å²) in [6.07, 6.45) is 0. The molecule has 1 N–H and O–H groups in total. The second-order valence-electron chi connectivity index (χ2n) is 8.34. The molecule has 7 nitrogen and oxygen atoms in total. The first-order valence-electron chi connectivity index (χ1n) is 11.4. The molecule has 1 aliphatic heterocycles. The van der Waals surface area contributed by atoms with Gasteiger partial charge in [-0.2, -0.15) is 0 Å². The van der Waals surface area contributed by atoms with Crippen LogP contribution in [0.1, 0.15) is 22.7 Å². The number of hydrogen-bond donors (Lipinski definition) is 1. The largest absolute Gasteiger partial charge is 0.507 e. The maximum atomic E-state index is 13.4. The van der Waals surface area contributed by atoms with Gasteiger partial charge in [-0.15, -0.1) is 10.2 Å². The smallest absolute Gasteiger partial charge is 0.301 e. The zero-order chi connectivity index (χ0) is 27.7. The van der Waals surface area contributed by atoms with Crippen LogP contribution in [0.3, 0.4) is 0 Å². The van der Waals surface area contributed by atoms with Crippen molar-refractivity contribution in [3.63, 3.8) is 0 Å². The van der Waals surface area contributed by atoms with Gasteiger partial charge in [-0.1, -0.05) is 64.5 Å². The lowest BCUT2D eigenvalue weighted by Gasteiger charge is -2.23. The number of halogens is 3. The second kappa shape index (κ2) is 11.4. The van der Waals surface area contributed by atoms with E-state index in [4.69, 9.17) is 27.9 Å². The summed E-state index contributed by atoms with van der Waals surface area (Å²) in [6.45, 7) is 0. The van der Waals surface area contributed by atoms with Gasteiger partial charge in [0.15, 0.2) is 4.34 Å². The summed E-state index contributed by atoms with van der Waals surface area (Å²) in [4.78, 5) is 27.9. The van der Waals surface area contributed by atoms with Gasteiger partial charge in [-0.25, -0.2) is 4.39 Å². The molecule has 1 fully saturated rings. The SMILES string of the molecule is COc1ccc(/C(O)=C2/C(=O)C(=O)N(c3nnc(SCc4ccc(F)cc4)s3)C2c2ccc(Cl)c(Cl)c2)cc1. The Morgan fingerprint density at radius 3 is 2.44 bits per heavy atom. The Bertz CT molecular complexity index is 1590. The van der Waals surface area contributed by atoms with Gasteiger partial charge in [-0.3, -0.25) is 14.5 Å². The molecule has 2 heterocycles. The van der Waals surface area contributed by atoms with Gasteiger partial charge >= 0.3 is 5.91 Å². The van der Waals surface area contributed by atoms with E-state index in [0.717, 1.165) is 16.9 Å². The van der Waals surface area contributed by atoms with Gasteiger partial charge < -0.3 is 9.84 Å². The predicted molar refractivity (Wildman–Crippen MR) is 150 cm³/mol. The van der Waals surface area contributed by atoms with E-state index in [9.17, 15) is 19.1 Å². The topological polar surface area (TPSA) is 92.6 Å². The van der Waals surface area contributed by atoms with Crippen molar-refractivity contribution >= 4 is 68.9 Å². The molecule has 1 aliphatic rings. The summed E-state index contributed by atoms with van der Waals surface area (Å²) in [7, 11) is 1.51. The Kier molecular flexibility index (Phi) is 7.90. The van der Waals surface area contributed by atoms with Crippen LogP contribution in [0, 0.1) is 5.82 Å². The molecule has 0 radical (unpaired) electrons. The zero-order valence-corrected chi connectivity index (χ0v) is 23.2. The van der Waals surface area contributed by atoms with Crippen molar-refractivity contribution in [3.05, 3.63) is 105 Å². The van der Waals surface area contributed by atoms with E-state index in [-0.39, 0.29) is 27.3 Å². The molecule has 1 saturated heterocycles. The molecule has 0 spiro atoms. The minimum atomic E-state index is -1.04. The third-order valence-electron chi connectivity index (χ3n) is 5.94. The van der Waals surface area contributed by atoms with Crippen LogP contribution >= 0.6 is 46.3 Å². The van der Waals surface area contributed by atoms with E-state index >= 15 is 0 Å². The number of ketones is 1. The van der Waals surface area contributed by atoms with E-state index in [1.165, 1.54) is 35.9 Å². The number of amides is 1. The summed E-state index contributed by atoms with van der Waals surface area (Å²) in [6, 6.07) is 16.2. The number of thioether (sulfide) groups is 1. The van der Waals surface area contributed by atoms with Crippen LogP contribution in [0.15, 0.2) is 76.6 Å². The molecule has 0 aliphatic carbocycles. The number of benzene rings is 3. The predicted octanol–water partition coefficient (Wildman–Crippen LogP) is 6.91. The monoisotopic (exact) mass is 601 g/mol. The highest BCUT2D eigenvalue weighted by Crippen LogP contribution is 2.45. The number of Topliss-reactive ketones (excluding diaryl/α,β-unsaturated/α-hetero) is 1. The Morgan fingerprint density at radius 1 is 1.05 bits per heavy atom. The fourth-order valence-electron chi connectivity index (χ4n) is 4.02. The quantitative estimate of drug-likeness (QED) is 0.0808. The van der Waals surface area contributed by atoms with Crippen LogP contribution in [0.5, 0.6) is 5.75 Å². The fourth-order valence-corrected chi connectivity index (χ4v) is 6.15. The van der Waals surface area contributed by atoms with Crippen LogP contribution in [0.4, 0.5) is 9.52 Å². The number of aliphatic hydroxyl groups is 1. The number of nitrogens with zero attached hydrogens (tertiary/aromatic N) is 3. The molecule has 0 saturated carbocycles. The van der Waals surface area contributed by atoms with E-state index in [0.29, 0.717) is 32.0 Å². The minimum absolute atomic E-state index is 0.126. The highest BCUT2D eigenvalue weighted by atomic mass is 35.5. The normalized spacial score (nSPS) is 16.6. The Labute approximate surface area is 240 Å². The summed E-state index contributed by atoms with van der Waals surface area (Å²) in [5.41, 5.74) is 1.54. The lowest BCUT2D eigenvalue weighted by Crippen LogP contribution is -2.29. The highest BCUT2D eigenvalue weighted by Gasteiger charge is 2.48. The van der Waals surface area contributed by atoms with Gasteiger partial charge in [0, 0.05) is 11.3 Å². The lowest BCUT2D eigenvalue weighted by atomic mass is 9.95. The second-order valence-corrected chi connectivity index (χ2v) is 11.3. The van der Waals surface area contributed by atoms with Gasteiger partial charge in [0.05, 0.1) is 28.8 Å². The molecule has 198 valence electrons. The molecule has 1 aromatic heterocycles. The third-order valence-corrected chi connectivity index (χ3v) is 8.81. The van der Waals surface area contributed by atoms with E-state index < -0.39 is 17.7 Å². The first kappa shape index (κ1) is 27.1. The van der Waals surface area contributed by atoms with Crippen LogP contribution < -0.4 is 9.64 Å². The number of anilines is 1. The van der Waals surface area contributed by atoms with Crippen molar-refractivity contribution in [1.29, 1.82) is 0 Å². The lowest BCUT2D eigenvalue weighted by molar-refractivity contribution is -0.132. The standard InChI is InChI=1S/C27H18Cl2FN3O4S2/c1-37-18-9-4-15(5-10-18)23(34)21-22(16-6-11-19(28)20(29)12-16)33(25(36)24(21)35)26-31-32-27(39-26)38-13-14-2-7-17(30)8-3-14/h2-12,22,34H,13H2,1H3/b23-21-. The average Bonchev–Trinajstić information content (AvgIpc) is 3.51. The number of hydrogen-bond acceptors (Lipinski definition) is 8. The fraction of sp³-hybridized carbons (Fsp3) is 0.111. The maximum Gasteiger partial charge on any atom is 0.301 e.